The molecule has 2 N–H and O–H groups in total. The van der Waals surface area contributed by atoms with Crippen LogP contribution >= 0.6 is 11.3 Å². The maximum Gasteiger partial charge on any atom is 0.169 e. The Morgan fingerprint density at radius 1 is 1.12 bits per heavy atom. The van der Waals surface area contributed by atoms with Gasteiger partial charge < -0.3 is 5.73 Å². The van der Waals surface area contributed by atoms with Gasteiger partial charge in [0.25, 0.3) is 0 Å². The van der Waals surface area contributed by atoms with Gasteiger partial charge in [-0.3, -0.25) is 4.99 Å². The van der Waals surface area contributed by atoms with Crippen LogP contribution in [-0.2, 0) is 20.1 Å². The molecule has 0 aliphatic carbocycles. The minimum absolute atomic E-state index is 0.127. The lowest BCUT2D eigenvalue weighted by Gasteiger charge is -2.39. The monoisotopic (exact) mass is 471 g/mol. The number of nitrogens with two attached hydrogens (primary N) is 1. The normalized spacial score (nSPS) is 24.5. The first kappa shape index (κ1) is 22.1. The molecule has 2 aromatic carbocycles. The number of sulfone groups is 1. The van der Waals surface area contributed by atoms with E-state index in [2.05, 4.69) is 4.99 Å². The first-order valence-corrected chi connectivity index (χ1v) is 12.1. The van der Waals surface area contributed by atoms with E-state index < -0.39 is 37.5 Å². The zero-order chi connectivity index (χ0) is 23.3. The molecule has 9 heteroatoms. The zero-order valence-electron chi connectivity index (χ0n) is 17.3. The second-order valence-corrected chi connectivity index (χ2v) is 11.4. The topological polar surface area (TPSA) is 96.3 Å². The van der Waals surface area contributed by atoms with Gasteiger partial charge in [-0.05, 0) is 55.3 Å². The number of amidine groups is 1. The van der Waals surface area contributed by atoms with Crippen molar-refractivity contribution in [1.29, 1.82) is 5.26 Å². The van der Waals surface area contributed by atoms with E-state index in [0.717, 1.165) is 17.4 Å². The molecule has 0 saturated heterocycles. The van der Waals surface area contributed by atoms with Gasteiger partial charge in [0.2, 0.25) is 0 Å². The Balaban J connectivity index is 1.84. The number of thiophene rings is 1. The number of hydrogen-bond acceptors (Lipinski definition) is 6. The third-order valence-electron chi connectivity index (χ3n) is 5.78. The standard InChI is InChI=1S/C23H19F2N3O2S2/c1-22(20-18(25)11-19(31-20)15-6-3-5-14(9-15)12-26)13-32(29,30)23(2,21(27)28-22)16-7-4-8-17(24)10-16/h3-11H,13H2,1-2H3,(H2,27,28). The number of hydrogen-bond donors (Lipinski definition) is 1. The van der Waals surface area contributed by atoms with Gasteiger partial charge in [-0.15, -0.1) is 11.3 Å². The molecule has 0 fully saturated rings. The van der Waals surface area contributed by atoms with Crippen LogP contribution in [0.2, 0.25) is 0 Å². The molecule has 0 saturated carbocycles. The molecule has 2 atom stereocenters. The molecular formula is C23H19F2N3O2S2. The summed E-state index contributed by atoms with van der Waals surface area (Å²) in [4.78, 5) is 5.12. The van der Waals surface area contributed by atoms with E-state index in [1.54, 1.807) is 24.3 Å². The molecule has 1 aliphatic rings. The van der Waals surface area contributed by atoms with Crippen molar-refractivity contribution in [2.24, 2.45) is 10.7 Å². The van der Waals surface area contributed by atoms with Crippen molar-refractivity contribution in [1.82, 2.24) is 0 Å². The predicted octanol–water partition coefficient (Wildman–Crippen LogP) is 4.48. The van der Waals surface area contributed by atoms with E-state index in [4.69, 9.17) is 11.0 Å². The van der Waals surface area contributed by atoms with Crippen LogP contribution in [0.25, 0.3) is 10.4 Å². The molecule has 1 aromatic heterocycles. The van der Waals surface area contributed by atoms with E-state index in [1.807, 2.05) is 6.07 Å². The summed E-state index contributed by atoms with van der Waals surface area (Å²) in [6.45, 7) is 2.91. The summed E-state index contributed by atoms with van der Waals surface area (Å²) < 4.78 is 54.0. The van der Waals surface area contributed by atoms with Crippen LogP contribution in [0.4, 0.5) is 8.78 Å². The van der Waals surface area contributed by atoms with Crippen molar-refractivity contribution in [3.8, 4) is 16.5 Å². The fourth-order valence-electron chi connectivity index (χ4n) is 3.93. The number of halogens is 2. The minimum Gasteiger partial charge on any atom is -0.386 e. The molecule has 2 unspecified atom stereocenters. The Morgan fingerprint density at radius 2 is 1.84 bits per heavy atom. The van der Waals surface area contributed by atoms with Crippen LogP contribution in [0, 0.1) is 23.0 Å². The van der Waals surface area contributed by atoms with Gasteiger partial charge in [0, 0.05) is 4.88 Å². The van der Waals surface area contributed by atoms with Crippen LogP contribution in [0.5, 0.6) is 0 Å². The molecule has 2 heterocycles. The van der Waals surface area contributed by atoms with E-state index in [-0.39, 0.29) is 16.3 Å². The third-order valence-corrected chi connectivity index (χ3v) is 9.82. The lowest BCUT2D eigenvalue weighted by Crippen LogP contribution is -2.54. The fraction of sp³-hybridized carbons (Fsp3) is 0.217. The Labute approximate surface area is 188 Å². The molecule has 0 amide bonds. The van der Waals surface area contributed by atoms with Crippen molar-refractivity contribution in [2.75, 3.05) is 5.75 Å². The SMILES string of the molecule is CC1(c2sc(-c3cccc(C#N)c3)cc2F)CS(=O)(=O)C(C)(c2cccc(F)c2)C(N)=N1. The first-order chi connectivity index (χ1) is 15.0. The van der Waals surface area contributed by atoms with Gasteiger partial charge in [0.05, 0.1) is 22.3 Å². The smallest absolute Gasteiger partial charge is 0.169 e. The minimum atomic E-state index is -4.01. The quantitative estimate of drug-likeness (QED) is 0.609. The molecular weight excluding hydrogens is 452 g/mol. The lowest BCUT2D eigenvalue weighted by molar-refractivity contribution is 0.483. The number of aliphatic imine (C=N–C) groups is 1. The number of nitrogens with zero attached hydrogens (tertiary/aromatic N) is 2. The highest BCUT2D eigenvalue weighted by Gasteiger charge is 2.53. The summed E-state index contributed by atoms with van der Waals surface area (Å²) in [5.74, 6) is -1.91. The summed E-state index contributed by atoms with van der Waals surface area (Å²) in [5, 5.41) is 9.12. The molecule has 32 heavy (non-hydrogen) atoms. The van der Waals surface area contributed by atoms with Crippen LogP contribution in [0.3, 0.4) is 0 Å². The largest absolute Gasteiger partial charge is 0.386 e. The van der Waals surface area contributed by atoms with E-state index >= 15 is 4.39 Å². The highest BCUT2D eigenvalue weighted by molar-refractivity contribution is 7.93. The summed E-state index contributed by atoms with van der Waals surface area (Å²) in [6, 6.07) is 15.3. The molecule has 0 radical (unpaired) electrons. The summed E-state index contributed by atoms with van der Waals surface area (Å²) >= 11 is 1.07. The van der Waals surface area contributed by atoms with E-state index in [9.17, 15) is 12.8 Å². The second kappa shape index (κ2) is 7.50. The lowest BCUT2D eigenvalue weighted by atomic mass is 9.96. The van der Waals surface area contributed by atoms with Gasteiger partial charge in [0.15, 0.2) is 14.6 Å². The van der Waals surface area contributed by atoms with E-state index in [1.165, 1.54) is 38.1 Å². The fourth-order valence-corrected chi connectivity index (χ4v) is 7.23. The average Bonchev–Trinajstić information content (AvgIpc) is 3.14. The van der Waals surface area contributed by atoms with Crippen molar-refractivity contribution in [3.63, 3.8) is 0 Å². The van der Waals surface area contributed by atoms with Gasteiger partial charge in [0.1, 0.15) is 23.0 Å². The first-order valence-electron chi connectivity index (χ1n) is 9.65. The van der Waals surface area contributed by atoms with Crippen LogP contribution in [-0.4, -0.2) is 20.0 Å². The average molecular weight is 472 g/mol. The number of nitriles is 1. The molecule has 4 rings (SSSR count). The Morgan fingerprint density at radius 3 is 2.50 bits per heavy atom. The number of benzene rings is 2. The molecule has 3 aromatic rings. The molecule has 0 bridgehead atoms. The third kappa shape index (κ3) is 3.40. The molecule has 164 valence electrons. The summed E-state index contributed by atoms with van der Waals surface area (Å²) in [5.41, 5.74) is 5.97. The van der Waals surface area contributed by atoms with Crippen molar-refractivity contribution < 1.29 is 17.2 Å². The van der Waals surface area contributed by atoms with Crippen molar-refractivity contribution >= 4 is 27.0 Å². The molecule has 0 spiro atoms. The maximum absolute atomic E-state index is 15.0. The summed E-state index contributed by atoms with van der Waals surface area (Å²) in [7, 11) is -4.01. The molecule has 5 nitrogen and oxygen atoms in total. The van der Waals surface area contributed by atoms with Crippen LogP contribution in [0.1, 0.15) is 29.9 Å². The van der Waals surface area contributed by atoms with Gasteiger partial charge in [-0.1, -0.05) is 24.3 Å². The van der Waals surface area contributed by atoms with Crippen LogP contribution < -0.4 is 5.73 Å². The highest BCUT2D eigenvalue weighted by Crippen LogP contribution is 2.46. The molecule has 1 aliphatic heterocycles. The second-order valence-electron chi connectivity index (χ2n) is 8.05. The highest BCUT2D eigenvalue weighted by atomic mass is 32.2. The Hall–Kier alpha value is -3.09. The van der Waals surface area contributed by atoms with Gasteiger partial charge in [-0.25, -0.2) is 17.2 Å². The van der Waals surface area contributed by atoms with Gasteiger partial charge in [-0.2, -0.15) is 5.26 Å². The predicted molar refractivity (Wildman–Crippen MR) is 121 cm³/mol. The number of rotatable bonds is 3. The van der Waals surface area contributed by atoms with E-state index in [0.29, 0.717) is 16.0 Å². The Kier molecular flexibility index (Phi) is 5.18. The zero-order valence-corrected chi connectivity index (χ0v) is 18.9. The summed E-state index contributed by atoms with van der Waals surface area (Å²) in [6.07, 6.45) is 0. The Bertz CT molecular complexity index is 1410. The van der Waals surface area contributed by atoms with Crippen molar-refractivity contribution in [3.05, 3.63) is 82.2 Å². The van der Waals surface area contributed by atoms with Gasteiger partial charge >= 0.3 is 0 Å². The van der Waals surface area contributed by atoms with Crippen molar-refractivity contribution in [2.45, 2.75) is 24.1 Å². The van der Waals surface area contributed by atoms with Crippen LogP contribution in [0.15, 0.2) is 59.6 Å². The maximum atomic E-state index is 15.0.